The minimum Gasteiger partial charge on any atom is -0.496 e. The minimum atomic E-state index is 0.138. The molecule has 4 rings (SSSR count). The van der Waals surface area contributed by atoms with Crippen molar-refractivity contribution in [2.45, 2.75) is 50.4 Å². The average molecular weight is 471 g/mol. The van der Waals surface area contributed by atoms with Gasteiger partial charge in [0.15, 0.2) is 11.0 Å². The van der Waals surface area contributed by atoms with Crippen molar-refractivity contribution < 1.29 is 9.53 Å². The van der Waals surface area contributed by atoms with Crippen molar-refractivity contribution in [2.24, 2.45) is 0 Å². The first kappa shape index (κ1) is 22.7. The van der Waals surface area contributed by atoms with Crippen LogP contribution in [0.15, 0.2) is 53.7 Å². The van der Waals surface area contributed by atoms with Crippen LogP contribution < -0.4 is 4.74 Å². The molecule has 0 N–H and O–H groups in total. The molecule has 2 unspecified atom stereocenters. The zero-order valence-corrected chi connectivity index (χ0v) is 20.1. The predicted molar refractivity (Wildman–Crippen MR) is 129 cm³/mol. The lowest BCUT2D eigenvalue weighted by molar-refractivity contribution is -0.134. The Bertz CT molecular complexity index is 1080. The topological polar surface area (TPSA) is 60.3 Å². The van der Waals surface area contributed by atoms with Gasteiger partial charge in [-0.3, -0.25) is 9.36 Å². The highest BCUT2D eigenvalue weighted by atomic mass is 35.5. The normalized spacial score (nSPS) is 18.6. The molecule has 0 aliphatic carbocycles. The quantitative estimate of drug-likeness (QED) is 0.446. The number of hydrogen-bond acceptors (Lipinski definition) is 5. The number of ether oxygens (including phenoxy) is 1. The fraction of sp³-hybridized carbons (Fsp3) is 0.375. The van der Waals surface area contributed by atoms with Crippen LogP contribution >= 0.6 is 23.4 Å². The lowest BCUT2D eigenvalue weighted by atomic mass is 9.98. The van der Waals surface area contributed by atoms with Crippen molar-refractivity contribution in [3.63, 3.8) is 0 Å². The summed E-state index contributed by atoms with van der Waals surface area (Å²) in [6.45, 7) is 4.27. The van der Waals surface area contributed by atoms with E-state index >= 15 is 0 Å². The maximum absolute atomic E-state index is 13.1. The molecule has 0 radical (unpaired) electrons. The summed E-state index contributed by atoms with van der Waals surface area (Å²) in [4.78, 5) is 15.1. The second kappa shape index (κ2) is 9.96. The molecule has 32 heavy (non-hydrogen) atoms. The molecule has 1 fully saturated rings. The number of amides is 1. The van der Waals surface area contributed by atoms with Crippen LogP contribution in [0.25, 0.3) is 17.1 Å². The van der Waals surface area contributed by atoms with Crippen molar-refractivity contribution in [1.82, 2.24) is 19.7 Å². The van der Waals surface area contributed by atoms with Crippen LogP contribution in [-0.2, 0) is 4.79 Å². The zero-order valence-electron chi connectivity index (χ0n) is 18.5. The lowest BCUT2D eigenvalue weighted by Gasteiger charge is -2.39. The molecule has 2 aromatic carbocycles. The molecule has 3 aromatic rings. The van der Waals surface area contributed by atoms with Crippen LogP contribution in [0.1, 0.15) is 33.1 Å². The molecule has 168 valence electrons. The van der Waals surface area contributed by atoms with Crippen molar-refractivity contribution in [3.05, 3.63) is 53.6 Å². The van der Waals surface area contributed by atoms with Gasteiger partial charge < -0.3 is 9.64 Å². The van der Waals surface area contributed by atoms with Gasteiger partial charge in [-0.25, -0.2) is 0 Å². The zero-order chi connectivity index (χ0) is 22.7. The fourth-order valence-electron chi connectivity index (χ4n) is 4.30. The van der Waals surface area contributed by atoms with Crippen LogP contribution in [0.3, 0.4) is 0 Å². The first-order valence-electron chi connectivity index (χ1n) is 10.8. The molecule has 2 atom stereocenters. The van der Waals surface area contributed by atoms with Crippen molar-refractivity contribution in [3.8, 4) is 22.8 Å². The number of likely N-dealkylation sites (tertiary alicyclic amines) is 1. The van der Waals surface area contributed by atoms with Gasteiger partial charge in [0.1, 0.15) is 5.75 Å². The Morgan fingerprint density at radius 2 is 1.78 bits per heavy atom. The third-order valence-electron chi connectivity index (χ3n) is 5.87. The summed E-state index contributed by atoms with van der Waals surface area (Å²) in [7, 11) is 1.64. The molecule has 1 aliphatic rings. The van der Waals surface area contributed by atoms with E-state index in [1.165, 1.54) is 18.2 Å². The maximum atomic E-state index is 13.1. The Kier molecular flexibility index (Phi) is 7.06. The molecule has 0 bridgehead atoms. The number of piperidine rings is 1. The van der Waals surface area contributed by atoms with E-state index in [1.54, 1.807) is 7.11 Å². The van der Waals surface area contributed by atoms with Gasteiger partial charge in [-0.15, -0.1) is 10.2 Å². The number of methoxy groups -OCH3 is 1. The number of rotatable bonds is 6. The fourth-order valence-corrected chi connectivity index (χ4v) is 5.25. The van der Waals surface area contributed by atoms with E-state index in [9.17, 15) is 4.79 Å². The van der Waals surface area contributed by atoms with E-state index in [2.05, 4.69) is 24.0 Å². The average Bonchev–Trinajstić information content (AvgIpc) is 3.21. The summed E-state index contributed by atoms with van der Waals surface area (Å²) in [5.41, 5.74) is 1.70. The predicted octanol–water partition coefficient (Wildman–Crippen LogP) is 5.48. The number of aromatic nitrogens is 3. The van der Waals surface area contributed by atoms with Crippen LogP contribution in [0, 0.1) is 0 Å². The largest absolute Gasteiger partial charge is 0.496 e. The Morgan fingerprint density at radius 3 is 2.47 bits per heavy atom. The van der Waals surface area contributed by atoms with Gasteiger partial charge in [-0.05, 0) is 69.5 Å². The Labute approximate surface area is 197 Å². The lowest BCUT2D eigenvalue weighted by Crippen LogP contribution is -2.48. The van der Waals surface area contributed by atoms with Gasteiger partial charge in [0, 0.05) is 22.8 Å². The molecule has 1 aliphatic heterocycles. The summed E-state index contributed by atoms with van der Waals surface area (Å²) in [6.07, 6.45) is 3.28. The molecule has 1 aromatic heterocycles. The van der Waals surface area contributed by atoms with Crippen LogP contribution in [0.5, 0.6) is 5.75 Å². The third kappa shape index (κ3) is 4.64. The van der Waals surface area contributed by atoms with Gasteiger partial charge in [0.25, 0.3) is 0 Å². The van der Waals surface area contributed by atoms with Crippen LogP contribution in [0.4, 0.5) is 0 Å². The second-order valence-electron chi connectivity index (χ2n) is 8.04. The van der Waals surface area contributed by atoms with E-state index in [1.807, 2.05) is 58.0 Å². The number of thioether (sulfide) groups is 1. The Balaban J connectivity index is 1.67. The van der Waals surface area contributed by atoms with Crippen LogP contribution in [0.2, 0.25) is 5.02 Å². The highest BCUT2D eigenvalue weighted by molar-refractivity contribution is 7.99. The third-order valence-corrected chi connectivity index (χ3v) is 7.04. The van der Waals surface area contributed by atoms with Gasteiger partial charge in [-0.1, -0.05) is 35.5 Å². The molecule has 6 nitrogen and oxygen atoms in total. The summed E-state index contributed by atoms with van der Waals surface area (Å²) < 4.78 is 7.50. The summed E-state index contributed by atoms with van der Waals surface area (Å²) in [5.74, 6) is 1.81. The van der Waals surface area contributed by atoms with Crippen molar-refractivity contribution >= 4 is 29.3 Å². The highest BCUT2D eigenvalue weighted by Gasteiger charge is 2.29. The molecule has 1 amide bonds. The molecular formula is C24H27ClN4O2S. The van der Waals surface area contributed by atoms with Gasteiger partial charge in [0.05, 0.1) is 18.4 Å². The summed E-state index contributed by atoms with van der Waals surface area (Å²) in [5, 5.41) is 10.2. The molecule has 2 heterocycles. The first-order valence-corrected chi connectivity index (χ1v) is 12.1. The van der Waals surface area contributed by atoms with E-state index in [4.69, 9.17) is 16.3 Å². The summed E-state index contributed by atoms with van der Waals surface area (Å²) in [6, 6.07) is 15.7. The van der Waals surface area contributed by atoms with Crippen molar-refractivity contribution in [1.29, 1.82) is 0 Å². The van der Waals surface area contributed by atoms with Gasteiger partial charge in [0.2, 0.25) is 5.91 Å². The Hall–Kier alpha value is -2.51. The van der Waals surface area contributed by atoms with Gasteiger partial charge >= 0.3 is 0 Å². The number of benzene rings is 2. The smallest absolute Gasteiger partial charge is 0.233 e. The second-order valence-corrected chi connectivity index (χ2v) is 9.42. The first-order chi connectivity index (χ1) is 15.5. The monoisotopic (exact) mass is 470 g/mol. The number of hydrogen-bond donors (Lipinski definition) is 0. The molecule has 1 saturated heterocycles. The Morgan fingerprint density at radius 1 is 1.09 bits per heavy atom. The standard InChI is InChI=1S/C24H27ClN4O2S/c1-16-7-6-8-17(2)28(16)22(30)15-32-24-27-26-23(20-9-4-5-10-21(20)31-3)29(24)19-13-11-18(25)12-14-19/h4-5,9-14,16-17H,6-8,15H2,1-3H3. The SMILES string of the molecule is COc1ccccc1-c1nnc(SCC(=O)N2C(C)CCCC2C)n1-c1ccc(Cl)cc1. The summed E-state index contributed by atoms with van der Waals surface area (Å²) >= 11 is 7.52. The van der Waals surface area contributed by atoms with E-state index in [-0.39, 0.29) is 18.0 Å². The number of halogens is 1. The molecular weight excluding hydrogens is 444 g/mol. The number of para-hydroxylation sites is 1. The highest BCUT2D eigenvalue weighted by Crippen LogP contribution is 2.34. The molecule has 8 heteroatoms. The van der Waals surface area contributed by atoms with Crippen molar-refractivity contribution in [2.75, 3.05) is 12.9 Å². The number of carbonyl (C=O) groups excluding carboxylic acids is 1. The molecule has 0 saturated carbocycles. The van der Waals surface area contributed by atoms with Gasteiger partial charge in [-0.2, -0.15) is 0 Å². The maximum Gasteiger partial charge on any atom is 0.233 e. The van der Waals surface area contributed by atoms with Crippen LogP contribution in [-0.4, -0.2) is 50.5 Å². The van der Waals surface area contributed by atoms with E-state index in [0.29, 0.717) is 27.5 Å². The number of nitrogens with zero attached hydrogens (tertiary/aromatic N) is 4. The number of carbonyl (C=O) groups is 1. The minimum absolute atomic E-state index is 0.138. The molecule has 0 spiro atoms. The van der Waals surface area contributed by atoms with E-state index < -0.39 is 0 Å². The van der Waals surface area contributed by atoms with E-state index in [0.717, 1.165) is 24.1 Å².